The Hall–Kier alpha value is -1.81. The summed E-state index contributed by atoms with van der Waals surface area (Å²) in [6.45, 7) is 0.489. The van der Waals surface area contributed by atoms with Crippen LogP contribution in [0.4, 0.5) is 4.79 Å². The van der Waals surface area contributed by atoms with Gasteiger partial charge in [0.2, 0.25) is 5.91 Å². The van der Waals surface area contributed by atoms with Crippen molar-refractivity contribution in [2.75, 3.05) is 37.8 Å². The summed E-state index contributed by atoms with van der Waals surface area (Å²) in [6, 6.07) is -1.30. The molecule has 0 saturated carbocycles. The number of rotatable bonds is 3. The Kier molecular flexibility index (Phi) is 3.96. The van der Waals surface area contributed by atoms with Crippen molar-refractivity contribution in [2.45, 2.75) is 12.1 Å². The first-order valence-electron chi connectivity index (χ1n) is 7.09. The number of hydrogen-bond donors (Lipinski definition) is 2. The van der Waals surface area contributed by atoms with E-state index in [-0.39, 0.29) is 18.5 Å². The van der Waals surface area contributed by atoms with E-state index in [1.165, 1.54) is 4.90 Å². The Morgan fingerprint density at radius 2 is 2.09 bits per heavy atom. The maximum atomic E-state index is 12.4. The maximum Gasteiger partial charge on any atom is 0.328 e. The number of carbonyl (C=O) groups excluding carboxylic acids is 4. The zero-order chi connectivity index (χ0) is 15.9. The highest BCUT2D eigenvalue weighted by atomic mass is 32.2. The number of imide groups is 1. The third kappa shape index (κ3) is 2.52. The first kappa shape index (κ1) is 15.1. The highest BCUT2D eigenvalue weighted by Crippen LogP contribution is 2.22. The van der Waals surface area contributed by atoms with Gasteiger partial charge in [0.15, 0.2) is 6.04 Å². The first-order chi connectivity index (χ1) is 10.5. The van der Waals surface area contributed by atoms with Gasteiger partial charge < -0.3 is 20.9 Å². The van der Waals surface area contributed by atoms with E-state index in [9.17, 15) is 19.2 Å². The molecule has 0 aromatic carbocycles. The highest BCUT2D eigenvalue weighted by molar-refractivity contribution is 7.99. The highest BCUT2D eigenvalue weighted by Gasteiger charge is 2.49. The van der Waals surface area contributed by atoms with Gasteiger partial charge in [-0.05, 0) is 0 Å². The fourth-order valence-electron chi connectivity index (χ4n) is 3.01. The molecule has 0 aromatic rings. The number of hydrogen-bond acceptors (Lipinski definition) is 5. The zero-order valence-electron chi connectivity index (χ0n) is 11.9. The fraction of sp³-hybridized carbons (Fsp3) is 0.667. The van der Waals surface area contributed by atoms with Gasteiger partial charge in [0, 0.05) is 13.1 Å². The minimum absolute atomic E-state index is 0.0123. The smallest absolute Gasteiger partial charge is 0.328 e. The molecule has 3 aliphatic rings. The lowest BCUT2D eigenvalue weighted by Gasteiger charge is -2.35. The second-order valence-corrected chi connectivity index (χ2v) is 6.62. The van der Waals surface area contributed by atoms with Gasteiger partial charge in [-0.2, -0.15) is 0 Å². The maximum absolute atomic E-state index is 12.4. The fourth-order valence-corrected chi connectivity index (χ4v) is 4.04. The molecule has 0 radical (unpaired) electrons. The number of amides is 5. The van der Waals surface area contributed by atoms with E-state index < -0.39 is 30.4 Å². The molecule has 3 fully saturated rings. The Bertz CT molecular complexity index is 536. The second-order valence-electron chi connectivity index (χ2n) is 5.55. The van der Waals surface area contributed by atoms with E-state index in [0.717, 1.165) is 16.5 Å². The van der Waals surface area contributed by atoms with Crippen molar-refractivity contribution in [2.24, 2.45) is 5.73 Å². The quantitative estimate of drug-likeness (QED) is 0.523. The number of quaternary nitrogens is 1. The van der Waals surface area contributed by atoms with Crippen LogP contribution in [0.3, 0.4) is 0 Å². The summed E-state index contributed by atoms with van der Waals surface area (Å²) in [5, 5.41) is 1.99. The lowest BCUT2D eigenvalue weighted by atomic mass is 10.1. The molecule has 0 aromatic heterocycles. The molecular weight excluding hydrogens is 310 g/mol. The largest absolute Gasteiger partial charge is 0.368 e. The summed E-state index contributed by atoms with van der Waals surface area (Å²) in [7, 11) is 0. The number of urea groups is 1. The number of primary amides is 1. The molecule has 5 amide bonds. The van der Waals surface area contributed by atoms with Crippen molar-refractivity contribution in [1.29, 1.82) is 0 Å². The van der Waals surface area contributed by atoms with Gasteiger partial charge in [0.25, 0.3) is 11.8 Å². The molecule has 10 heteroatoms. The average Bonchev–Trinajstić information content (AvgIpc) is 3.10. The van der Waals surface area contributed by atoms with E-state index in [2.05, 4.69) is 0 Å². The van der Waals surface area contributed by atoms with Gasteiger partial charge in [-0.3, -0.25) is 19.3 Å². The van der Waals surface area contributed by atoms with Crippen molar-refractivity contribution in [3.05, 3.63) is 0 Å². The third-order valence-corrected chi connectivity index (χ3v) is 5.17. The molecule has 3 saturated heterocycles. The molecular formula is C12H18N5O4S+. The Morgan fingerprint density at radius 3 is 2.73 bits per heavy atom. The Labute approximate surface area is 131 Å². The molecule has 3 aliphatic heterocycles. The van der Waals surface area contributed by atoms with Crippen LogP contribution in [0.15, 0.2) is 0 Å². The van der Waals surface area contributed by atoms with Crippen LogP contribution >= 0.6 is 11.8 Å². The van der Waals surface area contributed by atoms with Crippen LogP contribution in [-0.4, -0.2) is 88.3 Å². The summed E-state index contributed by atoms with van der Waals surface area (Å²) in [4.78, 5) is 51.7. The van der Waals surface area contributed by atoms with Crippen LogP contribution in [0.5, 0.6) is 0 Å². The third-order valence-electron chi connectivity index (χ3n) is 4.15. The van der Waals surface area contributed by atoms with Crippen molar-refractivity contribution in [1.82, 2.24) is 14.7 Å². The van der Waals surface area contributed by atoms with Gasteiger partial charge in [0.05, 0.1) is 12.3 Å². The lowest BCUT2D eigenvalue weighted by Crippen LogP contribution is -2.90. The molecule has 0 aliphatic carbocycles. The lowest BCUT2D eigenvalue weighted by molar-refractivity contribution is -0.649. The van der Waals surface area contributed by atoms with Crippen molar-refractivity contribution >= 4 is 35.5 Å². The number of nitrogens with zero attached hydrogens (tertiary/aromatic N) is 3. The molecule has 120 valence electrons. The summed E-state index contributed by atoms with van der Waals surface area (Å²) >= 11 is 1.71. The molecule has 0 spiro atoms. The number of carbonyl (C=O) groups is 4. The van der Waals surface area contributed by atoms with E-state index in [0.29, 0.717) is 13.1 Å². The van der Waals surface area contributed by atoms with Crippen LogP contribution in [0, 0.1) is 0 Å². The van der Waals surface area contributed by atoms with Crippen molar-refractivity contribution in [3.63, 3.8) is 0 Å². The van der Waals surface area contributed by atoms with Crippen LogP contribution in [-0.2, 0) is 14.4 Å². The Morgan fingerprint density at radius 1 is 1.32 bits per heavy atom. The van der Waals surface area contributed by atoms with Gasteiger partial charge in [-0.1, -0.05) is 11.8 Å². The molecule has 22 heavy (non-hydrogen) atoms. The van der Waals surface area contributed by atoms with Gasteiger partial charge in [-0.25, -0.2) is 4.79 Å². The normalized spacial score (nSPS) is 28.3. The minimum atomic E-state index is -0.730. The zero-order valence-corrected chi connectivity index (χ0v) is 12.8. The van der Waals surface area contributed by atoms with Crippen LogP contribution in [0.25, 0.3) is 0 Å². The monoisotopic (exact) mass is 328 g/mol. The molecule has 2 atom stereocenters. The molecule has 0 bridgehead atoms. The van der Waals surface area contributed by atoms with Crippen LogP contribution < -0.4 is 11.1 Å². The van der Waals surface area contributed by atoms with Gasteiger partial charge in [0.1, 0.15) is 18.5 Å². The first-order valence-corrected chi connectivity index (χ1v) is 8.24. The molecule has 9 nitrogen and oxygen atoms in total. The molecule has 4 N–H and O–H groups in total. The van der Waals surface area contributed by atoms with E-state index in [4.69, 9.17) is 5.73 Å². The van der Waals surface area contributed by atoms with Gasteiger partial charge >= 0.3 is 6.03 Å². The predicted molar refractivity (Wildman–Crippen MR) is 76.4 cm³/mol. The summed E-state index contributed by atoms with van der Waals surface area (Å²) in [5.41, 5.74) is 5.07. The number of nitrogens with two attached hydrogens (primary N) is 2. The van der Waals surface area contributed by atoms with Crippen molar-refractivity contribution < 1.29 is 24.5 Å². The number of fused-ring (bicyclic) bond motifs is 1. The molecule has 3 heterocycles. The number of thioether (sulfide) groups is 1. The summed E-state index contributed by atoms with van der Waals surface area (Å²) in [5.74, 6) is 0.463. The predicted octanol–water partition coefficient (Wildman–Crippen LogP) is -3.42. The van der Waals surface area contributed by atoms with E-state index >= 15 is 0 Å². The summed E-state index contributed by atoms with van der Waals surface area (Å²) in [6.07, 6.45) is 0. The van der Waals surface area contributed by atoms with Gasteiger partial charge in [-0.15, -0.1) is 0 Å². The SMILES string of the molecule is NC(=O)CN1C(=O)[C@@H]2CN(C(=O)[C@@H]3CSC[NH2+]3)CCN2C1=O. The van der Waals surface area contributed by atoms with Crippen molar-refractivity contribution in [3.8, 4) is 0 Å². The minimum Gasteiger partial charge on any atom is -0.368 e. The summed E-state index contributed by atoms with van der Waals surface area (Å²) < 4.78 is 0. The molecule has 0 unspecified atom stereocenters. The van der Waals surface area contributed by atoms with E-state index in [1.54, 1.807) is 16.7 Å². The Balaban J connectivity index is 1.69. The van der Waals surface area contributed by atoms with Crippen LogP contribution in [0.1, 0.15) is 0 Å². The second kappa shape index (κ2) is 5.76. The standard InChI is InChI=1S/C12H17N5O4S/c13-9(18)4-17-11(20)8-3-15(1-2-16(8)12(17)21)10(19)7-5-22-6-14-7/h7-8,14H,1-6H2,(H2,13,18)/p+1/t7-,8-/m0/s1. The topological polar surface area (TPSA) is 121 Å². The van der Waals surface area contributed by atoms with E-state index in [1.807, 2.05) is 5.32 Å². The molecule has 3 rings (SSSR count). The average molecular weight is 328 g/mol. The van der Waals surface area contributed by atoms with Crippen LogP contribution in [0.2, 0.25) is 0 Å². The number of piperazine rings is 1.